The zero-order valence-corrected chi connectivity index (χ0v) is 18.0. The average molecular weight is 428 g/mol. The molecule has 0 radical (unpaired) electrons. The fourth-order valence-electron chi connectivity index (χ4n) is 3.87. The molecule has 1 saturated heterocycles. The van der Waals surface area contributed by atoms with E-state index < -0.39 is 0 Å². The molecule has 4 rings (SSSR count). The summed E-state index contributed by atoms with van der Waals surface area (Å²) in [5, 5.41) is 2.58. The number of aromatic amines is 1. The van der Waals surface area contributed by atoms with Crippen LogP contribution >= 0.6 is 11.3 Å². The molecule has 0 spiro atoms. The molecule has 7 nitrogen and oxygen atoms in total. The van der Waals surface area contributed by atoms with Crippen molar-refractivity contribution < 1.29 is 14.3 Å². The van der Waals surface area contributed by atoms with E-state index in [4.69, 9.17) is 14.5 Å². The Balaban J connectivity index is 1.51. The van der Waals surface area contributed by atoms with Gasteiger partial charge in [0.2, 0.25) is 0 Å². The number of benzene rings is 1. The predicted molar refractivity (Wildman–Crippen MR) is 117 cm³/mol. The van der Waals surface area contributed by atoms with Gasteiger partial charge in [0.25, 0.3) is 5.56 Å². The number of H-pyrrole nitrogens is 1. The lowest BCUT2D eigenvalue weighted by Crippen LogP contribution is -2.37. The van der Waals surface area contributed by atoms with Gasteiger partial charge in [-0.1, -0.05) is 12.1 Å². The average Bonchev–Trinajstić information content (AvgIpc) is 3.19. The number of nitrogens with one attached hydrogen (secondary N) is 1. The molecule has 1 N–H and O–H groups in total. The summed E-state index contributed by atoms with van der Waals surface area (Å²) in [6.45, 7) is 4.38. The number of rotatable bonds is 6. The van der Waals surface area contributed by atoms with Crippen LogP contribution in [0, 0.1) is 5.92 Å². The van der Waals surface area contributed by atoms with Gasteiger partial charge in [-0.3, -0.25) is 14.5 Å². The van der Waals surface area contributed by atoms with Crippen LogP contribution in [0.15, 0.2) is 34.4 Å². The van der Waals surface area contributed by atoms with E-state index in [1.165, 1.54) is 11.3 Å². The van der Waals surface area contributed by atoms with Gasteiger partial charge in [0.1, 0.15) is 16.4 Å². The van der Waals surface area contributed by atoms with Crippen molar-refractivity contribution in [2.75, 3.05) is 26.8 Å². The summed E-state index contributed by atoms with van der Waals surface area (Å²) in [7, 11) is 1.63. The number of ether oxygens (including phenoxy) is 2. The standard InChI is InChI=1S/C22H25N3O4S/c1-3-29-22(27)14-7-9-25(10-8-14)12-18-23-20(26)19-17(13-30-21(19)24-18)15-5-4-6-16(11-15)28-2/h4-6,11,13-14H,3,7-10,12H2,1-2H3,(H,23,24,26). The highest BCUT2D eigenvalue weighted by atomic mass is 32.1. The lowest BCUT2D eigenvalue weighted by molar-refractivity contribution is -0.149. The fourth-order valence-corrected chi connectivity index (χ4v) is 4.84. The van der Waals surface area contributed by atoms with Crippen LogP contribution in [0.4, 0.5) is 0 Å². The van der Waals surface area contributed by atoms with Crippen LogP contribution in [0.2, 0.25) is 0 Å². The van der Waals surface area contributed by atoms with Gasteiger partial charge in [-0.05, 0) is 50.6 Å². The summed E-state index contributed by atoms with van der Waals surface area (Å²) in [4.78, 5) is 35.4. The molecule has 0 bridgehead atoms. The molecule has 8 heteroatoms. The third-order valence-corrected chi connectivity index (χ3v) is 6.33. The molecule has 1 aromatic carbocycles. The smallest absolute Gasteiger partial charge is 0.309 e. The van der Waals surface area contributed by atoms with Crippen LogP contribution in [-0.4, -0.2) is 47.6 Å². The number of piperidine rings is 1. The van der Waals surface area contributed by atoms with Crippen LogP contribution < -0.4 is 10.3 Å². The minimum absolute atomic E-state index is 0.0293. The number of methoxy groups -OCH3 is 1. The molecule has 0 saturated carbocycles. The zero-order valence-electron chi connectivity index (χ0n) is 17.1. The van der Waals surface area contributed by atoms with Crippen molar-refractivity contribution >= 4 is 27.5 Å². The topological polar surface area (TPSA) is 84.5 Å². The van der Waals surface area contributed by atoms with Gasteiger partial charge in [-0.25, -0.2) is 4.98 Å². The Kier molecular flexibility index (Phi) is 6.15. The van der Waals surface area contributed by atoms with Crippen LogP contribution in [-0.2, 0) is 16.1 Å². The van der Waals surface area contributed by atoms with Crippen LogP contribution in [0.5, 0.6) is 5.75 Å². The molecule has 0 aliphatic carbocycles. The second-order valence-electron chi connectivity index (χ2n) is 7.38. The van der Waals surface area contributed by atoms with Gasteiger partial charge in [0.15, 0.2) is 0 Å². The number of carbonyl (C=O) groups excluding carboxylic acids is 1. The largest absolute Gasteiger partial charge is 0.497 e. The lowest BCUT2D eigenvalue weighted by Gasteiger charge is -2.30. The maximum atomic E-state index is 12.9. The van der Waals surface area contributed by atoms with E-state index in [0.29, 0.717) is 24.4 Å². The highest BCUT2D eigenvalue weighted by Crippen LogP contribution is 2.32. The molecule has 30 heavy (non-hydrogen) atoms. The number of thiophene rings is 1. The Morgan fingerprint density at radius 3 is 2.87 bits per heavy atom. The normalized spacial score (nSPS) is 15.4. The van der Waals surface area contributed by atoms with Crippen molar-refractivity contribution in [1.82, 2.24) is 14.9 Å². The van der Waals surface area contributed by atoms with E-state index >= 15 is 0 Å². The van der Waals surface area contributed by atoms with Crippen molar-refractivity contribution in [3.05, 3.63) is 45.8 Å². The van der Waals surface area contributed by atoms with E-state index in [1.807, 2.05) is 36.6 Å². The van der Waals surface area contributed by atoms with Crippen LogP contribution in [0.1, 0.15) is 25.6 Å². The Morgan fingerprint density at radius 1 is 1.33 bits per heavy atom. The van der Waals surface area contributed by atoms with Crippen molar-refractivity contribution in [2.24, 2.45) is 5.92 Å². The second kappa shape index (κ2) is 8.97. The fraction of sp³-hybridized carbons (Fsp3) is 0.409. The van der Waals surface area contributed by atoms with Gasteiger partial charge in [0.05, 0.1) is 31.6 Å². The molecule has 0 unspecified atom stereocenters. The third kappa shape index (κ3) is 4.24. The zero-order chi connectivity index (χ0) is 21.1. The van der Waals surface area contributed by atoms with Crippen molar-refractivity contribution in [1.29, 1.82) is 0 Å². The number of aromatic nitrogens is 2. The highest BCUT2D eigenvalue weighted by molar-refractivity contribution is 7.17. The maximum absolute atomic E-state index is 12.9. The Labute approximate surface area is 178 Å². The van der Waals surface area contributed by atoms with E-state index in [-0.39, 0.29) is 17.4 Å². The van der Waals surface area contributed by atoms with E-state index in [2.05, 4.69) is 9.88 Å². The second-order valence-corrected chi connectivity index (χ2v) is 8.23. The van der Waals surface area contributed by atoms with E-state index in [0.717, 1.165) is 47.6 Å². The number of hydrogen-bond acceptors (Lipinski definition) is 7. The summed E-state index contributed by atoms with van der Waals surface area (Å²) in [5.41, 5.74) is 1.67. The SMILES string of the molecule is CCOC(=O)C1CCN(Cc2nc3scc(-c4cccc(OC)c4)c3c(=O)[nH]2)CC1. The molecule has 2 aromatic heterocycles. The van der Waals surface area contributed by atoms with Gasteiger partial charge >= 0.3 is 5.97 Å². The summed E-state index contributed by atoms with van der Waals surface area (Å²) < 4.78 is 10.4. The first-order valence-corrected chi connectivity index (χ1v) is 11.0. The number of esters is 1. The minimum Gasteiger partial charge on any atom is -0.497 e. The van der Waals surface area contributed by atoms with Crippen LogP contribution in [0.3, 0.4) is 0 Å². The highest BCUT2D eigenvalue weighted by Gasteiger charge is 2.26. The Bertz CT molecular complexity index is 1100. The quantitative estimate of drug-likeness (QED) is 0.607. The van der Waals surface area contributed by atoms with Gasteiger partial charge in [-0.2, -0.15) is 0 Å². The van der Waals surface area contributed by atoms with Gasteiger partial charge in [0, 0.05) is 10.9 Å². The maximum Gasteiger partial charge on any atom is 0.309 e. The molecule has 0 amide bonds. The number of nitrogens with zero attached hydrogens (tertiary/aromatic N) is 2. The van der Waals surface area contributed by atoms with E-state index in [1.54, 1.807) is 7.11 Å². The summed E-state index contributed by atoms with van der Waals surface area (Å²) in [5.74, 6) is 1.27. The van der Waals surface area contributed by atoms with Gasteiger partial charge in [-0.15, -0.1) is 11.3 Å². The first-order chi connectivity index (χ1) is 14.6. The number of fused-ring (bicyclic) bond motifs is 1. The number of carbonyl (C=O) groups is 1. The molecule has 158 valence electrons. The summed E-state index contributed by atoms with van der Waals surface area (Å²) >= 11 is 1.47. The summed E-state index contributed by atoms with van der Waals surface area (Å²) in [6, 6.07) is 7.67. The van der Waals surface area contributed by atoms with Crippen LogP contribution in [0.25, 0.3) is 21.3 Å². The third-order valence-electron chi connectivity index (χ3n) is 5.45. The number of likely N-dealkylation sites (tertiary alicyclic amines) is 1. The monoisotopic (exact) mass is 427 g/mol. The van der Waals surface area contributed by atoms with E-state index in [9.17, 15) is 9.59 Å². The Morgan fingerprint density at radius 2 is 2.13 bits per heavy atom. The molecular formula is C22H25N3O4S. The molecular weight excluding hydrogens is 402 g/mol. The summed E-state index contributed by atoms with van der Waals surface area (Å²) in [6.07, 6.45) is 1.54. The van der Waals surface area contributed by atoms with Crippen molar-refractivity contribution in [3.63, 3.8) is 0 Å². The lowest BCUT2D eigenvalue weighted by atomic mass is 9.97. The molecule has 1 fully saturated rings. The van der Waals surface area contributed by atoms with Gasteiger partial charge < -0.3 is 14.5 Å². The molecule has 3 aromatic rings. The van der Waals surface area contributed by atoms with Crippen molar-refractivity contribution in [2.45, 2.75) is 26.3 Å². The minimum atomic E-state index is -0.129. The molecule has 1 aliphatic rings. The number of hydrogen-bond donors (Lipinski definition) is 1. The predicted octanol–water partition coefficient (Wildman–Crippen LogP) is 3.44. The van der Waals surface area contributed by atoms with Crippen molar-refractivity contribution in [3.8, 4) is 16.9 Å². The molecule has 1 aliphatic heterocycles. The molecule has 0 atom stereocenters. The molecule has 3 heterocycles. The first kappa shape index (κ1) is 20.6. The Hall–Kier alpha value is -2.71. The first-order valence-electron chi connectivity index (χ1n) is 10.1.